The van der Waals surface area contributed by atoms with Gasteiger partial charge in [-0.15, -0.1) is 0 Å². The summed E-state index contributed by atoms with van der Waals surface area (Å²) in [6.45, 7) is 8.42. The second-order valence-electron chi connectivity index (χ2n) is 7.25. The molecule has 3 aromatic rings. The minimum absolute atomic E-state index is 0.131. The molecule has 0 aliphatic carbocycles. The quantitative estimate of drug-likeness (QED) is 0.639. The van der Waals surface area contributed by atoms with Crippen LogP contribution in [-0.2, 0) is 0 Å². The van der Waals surface area contributed by atoms with Crippen LogP contribution in [0.3, 0.4) is 0 Å². The molecule has 1 N–H and O–H groups in total. The summed E-state index contributed by atoms with van der Waals surface area (Å²) in [4.78, 5) is 0. The summed E-state index contributed by atoms with van der Waals surface area (Å²) in [6, 6.07) is 21.1. The maximum atomic E-state index is 9.84. The molecule has 120 valence electrons. The van der Waals surface area contributed by atoms with Gasteiger partial charge >= 0.3 is 0 Å². The first-order chi connectivity index (χ1) is 11.4. The van der Waals surface area contributed by atoms with Crippen molar-refractivity contribution in [2.24, 2.45) is 0 Å². The van der Waals surface area contributed by atoms with Crippen LogP contribution < -0.4 is 5.32 Å². The lowest BCUT2D eigenvalue weighted by Gasteiger charge is -2.26. The first kappa shape index (κ1) is 16.1. The molecule has 0 aliphatic heterocycles. The van der Waals surface area contributed by atoms with Gasteiger partial charge in [-0.25, -0.2) is 0 Å². The predicted octanol–water partition coefficient (Wildman–Crippen LogP) is 5.90. The van der Waals surface area contributed by atoms with Gasteiger partial charge in [0.15, 0.2) is 0 Å². The van der Waals surface area contributed by atoms with Gasteiger partial charge in [-0.1, -0.05) is 54.1 Å². The molecular weight excluding hydrogens is 292 g/mol. The lowest BCUT2D eigenvalue weighted by atomic mass is 9.93. The fourth-order valence-corrected chi connectivity index (χ4v) is 2.93. The van der Waals surface area contributed by atoms with Gasteiger partial charge in [0, 0.05) is 16.5 Å². The lowest BCUT2D eigenvalue weighted by Crippen LogP contribution is -2.27. The van der Waals surface area contributed by atoms with Crippen molar-refractivity contribution in [1.82, 2.24) is 0 Å². The highest BCUT2D eigenvalue weighted by molar-refractivity contribution is 6.00. The summed E-state index contributed by atoms with van der Waals surface area (Å²) < 4.78 is 0. The van der Waals surface area contributed by atoms with Gasteiger partial charge in [-0.3, -0.25) is 0 Å². The first-order valence-electron chi connectivity index (χ1n) is 8.20. The third-order valence-electron chi connectivity index (χ3n) is 4.02. The number of hydrogen-bond donors (Lipinski definition) is 1. The number of nitrogens with one attached hydrogen (secondary N) is 1. The molecule has 0 saturated heterocycles. The standard InChI is InChI=1S/C22H22N2/c1-15-9-11-16(12-10-15)19-13-17-7-5-6-8-18(17)20(14-23)21(19)24-22(2,3)4/h5-13,24H,1-4H3. The molecule has 0 fully saturated rings. The van der Waals surface area contributed by atoms with Gasteiger partial charge in [0.05, 0.1) is 11.3 Å². The summed E-state index contributed by atoms with van der Waals surface area (Å²) in [5.41, 5.74) is 4.90. The second-order valence-corrected chi connectivity index (χ2v) is 7.25. The van der Waals surface area contributed by atoms with E-state index in [4.69, 9.17) is 0 Å². The van der Waals surface area contributed by atoms with E-state index in [2.05, 4.69) is 75.5 Å². The highest BCUT2D eigenvalue weighted by Crippen LogP contribution is 2.38. The number of benzene rings is 3. The highest BCUT2D eigenvalue weighted by atomic mass is 15.0. The van der Waals surface area contributed by atoms with Gasteiger partial charge in [0.1, 0.15) is 6.07 Å². The molecule has 0 radical (unpaired) electrons. The normalized spacial score (nSPS) is 11.3. The molecule has 24 heavy (non-hydrogen) atoms. The summed E-state index contributed by atoms with van der Waals surface area (Å²) in [7, 11) is 0. The van der Waals surface area contributed by atoms with Crippen LogP contribution in [0, 0.1) is 18.3 Å². The van der Waals surface area contributed by atoms with Gasteiger partial charge in [-0.2, -0.15) is 5.26 Å². The van der Waals surface area contributed by atoms with Crippen molar-refractivity contribution in [3.05, 3.63) is 65.7 Å². The van der Waals surface area contributed by atoms with E-state index in [1.54, 1.807) is 0 Å². The Labute approximate surface area is 143 Å². The van der Waals surface area contributed by atoms with Crippen molar-refractivity contribution >= 4 is 16.5 Å². The Kier molecular flexibility index (Phi) is 4.03. The number of nitrogens with zero attached hydrogens (tertiary/aromatic N) is 1. The minimum atomic E-state index is -0.131. The molecule has 0 aliphatic rings. The molecule has 0 unspecified atom stereocenters. The molecule has 0 atom stereocenters. The zero-order valence-electron chi connectivity index (χ0n) is 14.6. The molecule has 0 saturated carbocycles. The molecule has 0 heterocycles. The average Bonchev–Trinajstić information content (AvgIpc) is 2.54. The molecule has 2 nitrogen and oxygen atoms in total. The van der Waals surface area contributed by atoms with Crippen molar-refractivity contribution in [2.45, 2.75) is 33.2 Å². The summed E-state index contributed by atoms with van der Waals surface area (Å²) >= 11 is 0. The van der Waals surface area contributed by atoms with Crippen LogP contribution in [0.25, 0.3) is 21.9 Å². The molecular formula is C22H22N2. The van der Waals surface area contributed by atoms with E-state index < -0.39 is 0 Å². The van der Waals surface area contributed by atoms with E-state index in [1.807, 2.05) is 18.2 Å². The summed E-state index contributed by atoms with van der Waals surface area (Å²) in [6.07, 6.45) is 0. The third-order valence-corrected chi connectivity index (χ3v) is 4.02. The Balaban J connectivity index is 2.35. The Bertz CT molecular complexity index is 923. The molecule has 3 aromatic carbocycles. The molecule has 0 spiro atoms. The highest BCUT2D eigenvalue weighted by Gasteiger charge is 2.19. The first-order valence-corrected chi connectivity index (χ1v) is 8.20. The predicted molar refractivity (Wildman–Crippen MR) is 102 cm³/mol. The molecule has 0 amide bonds. The Morgan fingerprint density at radius 3 is 2.25 bits per heavy atom. The molecule has 2 heteroatoms. The van der Waals surface area contributed by atoms with Gasteiger partial charge in [0.25, 0.3) is 0 Å². The van der Waals surface area contributed by atoms with E-state index in [9.17, 15) is 5.26 Å². The topological polar surface area (TPSA) is 35.8 Å². The van der Waals surface area contributed by atoms with Crippen LogP contribution in [0.15, 0.2) is 54.6 Å². The monoisotopic (exact) mass is 314 g/mol. The number of rotatable bonds is 2. The fraction of sp³-hybridized carbons (Fsp3) is 0.227. The van der Waals surface area contributed by atoms with E-state index in [0.29, 0.717) is 5.56 Å². The summed E-state index contributed by atoms with van der Waals surface area (Å²) in [5.74, 6) is 0. The number of anilines is 1. The van der Waals surface area contributed by atoms with Crippen LogP contribution in [0.2, 0.25) is 0 Å². The largest absolute Gasteiger partial charge is 0.379 e. The fourth-order valence-electron chi connectivity index (χ4n) is 2.93. The van der Waals surface area contributed by atoms with E-state index >= 15 is 0 Å². The Morgan fingerprint density at radius 1 is 0.958 bits per heavy atom. The zero-order valence-corrected chi connectivity index (χ0v) is 14.6. The van der Waals surface area contributed by atoms with Gasteiger partial charge in [-0.05, 0) is 44.7 Å². The number of hydrogen-bond acceptors (Lipinski definition) is 2. The Hall–Kier alpha value is -2.79. The van der Waals surface area contributed by atoms with Crippen molar-refractivity contribution < 1.29 is 0 Å². The number of fused-ring (bicyclic) bond motifs is 1. The van der Waals surface area contributed by atoms with Crippen molar-refractivity contribution in [3.63, 3.8) is 0 Å². The molecule has 3 rings (SSSR count). The van der Waals surface area contributed by atoms with E-state index in [-0.39, 0.29) is 5.54 Å². The minimum Gasteiger partial charge on any atom is -0.379 e. The SMILES string of the molecule is Cc1ccc(-c2cc3ccccc3c(C#N)c2NC(C)(C)C)cc1. The smallest absolute Gasteiger partial charge is 0.102 e. The van der Waals surface area contributed by atoms with Crippen LogP contribution >= 0.6 is 0 Å². The number of nitriles is 1. The lowest BCUT2D eigenvalue weighted by molar-refractivity contribution is 0.634. The van der Waals surface area contributed by atoms with E-state index in [1.165, 1.54) is 5.56 Å². The molecule has 0 aromatic heterocycles. The maximum Gasteiger partial charge on any atom is 0.102 e. The van der Waals surface area contributed by atoms with Gasteiger partial charge in [0.2, 0.25) is 0 Å². The summed E-state index contributed by atoms with van der Waals surface area (Å²) in [5, 5.41) is 15.5. The van der Waals surface area contributed by atoms with Crippen molar-refractivity contribution in [2.75, 3.05) is 5.32 Å². The van der Waals surface area contributed by atoms with Crippen LogP contribution in [0.1, 0.15) is 31.9 Å². The maximum absolute atomic E-state index is 9.84. The van der Waals surface area contributed by atoms with Gasteiger partial charge < -0.3 is 5.32 Å². The average molecular weight is 314 g/mol. The number of aryl methyl sites for hydroxylation is 1. The van der Waals surface area contributed by atoms with Crippen LogP contribution in [0.5, 0.6) is 0 Å². The molecule has 0 bridgehead atoms. The van der Waals surface area contributed by atoms with Crippen LogP contribution in [-0.4, -0.2) is 5.54 Å². The second kappa shape index (κ2) is 6.02. The zero-order chi connectivity index (χ0) is 17.3. The van der Waals surface area contributed by atoms with Crippen LogP contribution in [0.4, 0.5) is 5.69 Å². The van der Waals surface area contributed by atoms with E-state index in [0.717, 1.165) is 27.6 Å². The van der Waals surface area contributed by atoms with Crippen molar-refractivity contribution in [1.29, 1.82) is 5.26 Å². The van der Waals surface area contributed by atoms with Crippen molar-refractivity contribution in [3.8, 4) is 17.2 Å². The Morgan fingerprint density at radius 2 is 1.62 bits per heavy atom. The third kappa shape index (κ3) is 3.12.